The number of aliphatic hydroxyl groups excluding tert-OH is 1. The number of nitrogens with one attached hydrogen (secondary N) is 1. The minimum Gasteiger partial charge on any atom is -0.495 e. The van der Waals surface area contributed by atoms with E-state index in [-0.39, 0.29) is 23.8 Å². The maximum Gasteiger partial charge on any atom is 0.228 e. The third kappa shape index (κ3) is 4.60. The molecule has 0 radical (unpaired) electrons. The van der Waals surface area contributed by atoms with Gasteiger partial charge in [-0.1, -0.05) is 24.3 Å². The summed E-state index contributed by atoms with van der Waals surface area (Å²) in [7, 11) is 1.62. The quantitative estimate of drug-likeness (QED) is 0.699. The molecule has 6 nitrogen and oxygen atoms in total. The highest BCUT2D eigenvalue weighted by atomic mass is 16.5. The van der Waals surface area contributed by atoms with Crippen molar-refractivity contribution >= 4 is 11.6 Å². The smallest absolute Gasteiger partial charge is 0.228 e. The van der Waals surface area contributed by atoms with Crippen LogP contribution in [0.2, 0.25) is 0 Å². The number of benzene rings is 2. The predicted octanol–water partition coefficient (Wildman–Crippen LogP) is 3.31. The number of amides is 1. The summed E-state index contributed by atoms with van der Waals surface area (Å²) in [5.41, 5.74) is 2.12. The fraction of sp³-hybridized carbons (Fsp3) is 0.458. The van der Waals surface area contributed by atoms with Crippen LogP contribution in [0.1, 0.15) is 24.8 Å². The van der Waals surface area contributed by atoms with E-state index >= 15 is 0 Å². The van der Waals surface area contributed by atoms with E-state index in [4.69, 9.17) is 14.6 Å². The van der Waals surface area contributed by atoms with Crippen LogP contribution in [0.4, 0.5) is 5.69 Å². The van der Waals surface area contributed by atoms with Gasteiger partial charge in [0.2, 0.25) is 5.91 Å². The molecule has 2 fully saturated rings. The standard InChI is InChI=1S/C24H30N2O4/c1-29-22-8-3-2-7-21(22)25-23(28)20-16-24(20)9-11-26(12-10-24)17-18-5-4-6-19(15-18)30-14-13-27/h2-8,15,20,27H,9-14,16-17H2,1H3,(H,25,28)/t20-/m0/s1. The van der Waals surface area contributed by atoms with Gasteiger partial charge in [-0.25, -0.2) is 0 Å². The molecule has 1 heterocycles. The van der Waals surface area contributed by atoms with E-state index in [0.29, 0.717) is 12.4 Å². The van der Waals surface area contributed by atoms with Crippen LogP contribution in [0.25, 0.3) is 0 Å². The van der Waals surface area contributed by atoms with Gasteiger partial charge in [-0.15, -0.1) is 0 Å². The first kappa shape index (κ1) is 20.7. The third-order valence-electron chi connectivity index (χ3n) is 6.39. The van der Waals surface area contributed by atoms with E-state index < -0.39 is 0 Å². The van der Waals surface area contributed by atoms with E-state index in [0.717, 1.165) is 50.3 Å². The predicted molar refractivity (Wildman–Crippen MR) is 116 cm³/mol. The zero-order valence-corrected chi connectivity index (χ0v) is 17.5. The maximum atomic E-state index is 12.8. The Kier molecular flexibility index (Phi) is 6.25. The number of ether oxygens (including phenoxy) is 2. The first-order valence-electron chi connectivity index (χ1n) is 10.6. The van der Waals surface area contributed by atoms with E-state index in [2.05, 4.69) is 16.3 Å². The lowest BCUT2D eigenvalue weighted by Gasteiger charge is -2.33. The van der Waals surface area contributed by atoms with Gasteiger partial charge in [0.05, 0.1) is 19.4 Å². The van der Waals surface area contributed by atoms with E-state index in [9.17, 15) is 4.79 Å². The number of para-hydroxylation sites is 2. The van der Waals surface area contributed by atoms with Crippen molar-refractivity contribution in [2.45, 2.75) is 25.8 Å². The van der Waals surface area contributed by atoms with Gasteiger partial charge in [0.1, 0.15) is 18.1 Å². The van der Waals surface area contributed by atoms with Gasteiger partial charge in [0.15, 0.2) is 0 Å². The van der Waals surface area contributed by atoms with Crippen LogP contribution in [-0.2, 0) is 11.3 Å². The summed E-state index contributed by atoms with van der Waals surface area (Å²) in [6.45, 7) is 3.21. The van der Waals surface area contributed by atoms with Crippen molar-refractivity contribution in [3.8, 4) is 11.5 Å². The van der Waals surface area contributed by atoms with Crippen molar-refractivity contribution in [3.05, 3.63) is 54.1 Å². The van der Waals surface area contributed by atoms with Gasteiger partial charge in [0, 0.05) is 12.5 Å². The molecule has 1 spiro atoms. The van der Waals surface area contributed by atoms with Crippen LogP contribution >= 0.6 is 0 Å². The van der Waals surface area contributed by atoms with Crippen molar-refractivity contribution in [1.29, 1.82) is 0 Å². The lowest BCUT2D eigenvalue weighted by molar-refractivity contribution is -0.118. The number of rotatable bonds is 8. The Morgan fingerprint density at radius 2 is 2.00 bits per heavy atom. The number of anilines is 1. The molecule has 4 rings (SSSR count). The molecular weight excluding hydrogens is 380 g/mol. The summed E-state index contributed by atoms with van der Waals surface area (Å²) < 4.78 is 10.9. The molecule has 2 aromatic carbocycles. The SMILES string of the molecule is COc1ccccc1NC(=O)[C@@H]1CC12CCN(Cc1cccc(OCCO)c1)CC2. The van der Waals surface area contributed by atoms with Crippen molar-refractivity contribution in [2.24, 2.45) is 11.3 Å². The summed E-state index contributed by atoms with van der Waals surface area (Å²) in [6.07, 6.45) is 3.09. The molecule has 1 amide bonds. The topological polar surface area (TPSA) is 71.0 Å². The number of aliphatic hydroxyl groups is 1. The molecule has 0 unspecified atom stereocenters. The number of methoxy groups -OCH3 is 1. The lowest BCUT2D eigenvalue weighted by Crippen LogP contribution is -2.35. The minimum absolute atomic E-state index is 0.0181. The molecular formula is C24H30N2O4. The molecule has 1 aliphatic carbocycles. The Hall–Kier alpha value is -2.57. The van der Waals surface area contributed by atoms with Crippen molar-refractivity contribution in [2.75, 3.05) is 38.7 Å². The van der Waals surface area contributed by atoms with Crippen LogP contribution in [0.15, 0.2) is 48.5 Å². The molecule has 160 valence electrons. The molecule has 2 N–H and O–H groups in total. The second-order valence-corrected chi connectivity index (χ2v) is 8.30. The lowest BCUT2D eigenvalue weighted by atomic mass is 9.90. The number of likely N-dealkylation sites (tertiary alicyclic amines) is 1. The van der Waals surface area contributed by atoms with Crippen molar-refractivity contribution < 1.29 is 19.4 Å². The number of nitrogens with zero attached hydrogens (tertiary/aromatic N) is 1. The molecule has 1 saturated carbocycles. The first-order chi connectivity index (χ1) is 14.6. The fourth-order valence-corrected chi connectivity index (χ4v) is 4.55. The largest absolute Gasteiger partial charge is 0.495 e. The van der Waals surface area contributed by atoms with Crippen LogP contribution in [0.3, 0.4) is 0 Å². The molecule has 0 aromatic heterocycles. The van der Waals surface area contributed by atoms with Crippen LogP contribution in [-0.4, -0.2) is 49.3 Å². The van der Waals surface area contributed by atoms with Crippen LogP contribution in [0, 0.1) is 11.3 Å². The second kappa shape index (κ2) is 9.06. The molecule has 1 saturated heterocycles. The Morgan fingerprint density at radius 1 is 1.20 bits per heavy atom. The van der Waals surface area contributed by atoms with Gasteiger partial charge in [0.25, 0.3) is 0 Å². The van der Waals surface area contributed by atoms with Gasteiger partial charge < -0.3 is 19.9 Å². The maximum absolute atomic E-state index is 12.8. The Morgan fingerprint density at radius 3 is 2.77 bits per heavy atom. The van der Waals surface area contributed by atoms with E-state index in [1.807, 2.05) is 42.5 Å². The fourth-order valence-electron chi connectivity index (χ4n) is 4.55. The zero-order valence-electron chi connectivity index (χ0n) is 17.5. The number of carbonyl (C=O) groups is 1. The van der Waals surface area contributed by atoms with E-state index in [1.165, 1.54) is 5.56 Å². The Labute approximate surface area is 177 Å². The Balaban J connectivity index is 1.28. The molecule has 30 heavy (non-hydrogen) atoms. The number of carbonyl (C=O) groups excluding carboxylic acids is 1. The van der Waals surface area contributed by atoms with E-state index in [1.54, 1.807) is 7.11 Å². The van der Waals surface area contributed by atoms with Crippen molar-refractivity contribution in [3.63, 3.8) is 0 Å². The highest BCUT2D eigenvalue weighted by Crippen LogP contribution is 2.59. The zero-order chi connectivity index (χ0) is 21.0. The summed E-state index contributed by atoms with van der Waals surface area (Å²) in [4.78, 5) is 15.2. The Bertz CT molecular complexity index is 877. The summed E-state index contributed by atoms with van der Waals surface area (Å²) >= 11 is 0. The van der Waals surface area contributed by atoms with Crippen LogP contribution < -0.4 is 14.8 Å². The van der Waals surface area contributed by atoms with Crippen LogP contribution in [0.5, 0.6) is 11.5 Å². The molecule has 0 bridgehead atoms. The highest BCUT2D eigenvalue weighted by molar-refractivity contribution is 5.96. The number of piperidine rings is 1. The van der Waals surface area contributed by atoms with Gasteiger partial charge >= 0.3 is 0 Å². The number of hydrogen-bond acceptors (Lipinski definition) is 5. The second-order valence-electron chi connectivity index (χ2n) is 8.30. The normalized spacial score (nSPS) is 20.0. The molecule has 6 heteroatoms. The average molecular weight is 411 g/mol. The average Bonchev–Trinajstić information content (AvgIpc) is 3.48. The minimum atomic E-state index is 0.0181. The number of hydrogen-bond donors (Lipinski definition) is 2. The molecule has 1 aliphatic heterocycles. The van der Waals surface area contributed by atoms with Crippen molar-refractivity contribution in [1.82, 2.24) is 4.90 Å². The first-order valence-corrected chi connectivity index (χ1v) is 10.6. The molecule has 2 aromatic rings. The monoisotopic (exact) mass is 410 g/mol. The molecule has 1 atom stereocenters. The highest BCUT2D eigenvalue weighted by Gasteiger charge is 2.58. The summed E-state index contributed by atoms with van der Waals surface area (Å²) in [6, 6.07) is 15.6. The summed E-state index contributed by atoms with van der Waals surface area (Å²) in [5, 5.41) is 12.0. The van der Waals surface area contributed by atoms with Gasteiger partial charge in [-0.3, -0.25) is 9.69 Å². The van der Waals surface area contributed by atoms with Gasteiger partial charge in [-0.05, 0) is 67.6 Å². The molecule has 2 aliphatic rings. The third-order valence-corrected chi connectivity index (χ3v) is 6.39. The van der Waals surface area contributed by atoms with Gasteiger partial charge in [-0.2, -0.15) is 0 Å². The summed E-state index contributed by atoms with van der Waals surface area (Å²) in [5.74, 6) is 1.70.